The Morgan fingerprint density at radius 2 is 1.69 bits per heavy atom. The molecule has 2 amide bonds. The van der Waals surface area contributed by atoms with Gasteiger partial charge >= 0.3 is 12.1 Å². The van der Waals surface area contributed by atoms with Gasteiger partial charge in [-0.1, -0.05) is 48.5 Å². The molecule has 9 nitrogen and oxygen atoms in total. The molecule has 0 bridgehead atoms. The van der Waals surface area contributed by atoms with E-state index in [-0.39, 0.29) is 18.6 Å². The number of alkyl carbamates (subject to hydrolysis) is 1. The van der Waals surface area contributed by atoms with Crippen molar-refractivity contribution in [2.75, 3.05) is 23.8 Å². The Morgan fingerprint density at radius 3 is 2.36 bits per heavy atom. The van der Waals surface area contributed by atoms with Gasteiger partial charge in [0.2, 0.25) is 0 Å². The number of esters is 1. The van der Waals surface area contributed by atoms with Crippen molar-refractivity contribution in [3.8, 4) is 0 Å². The van der Waals surface area contributed by atoms with E-state index in [1.807, 2.05) is 75.4 Å². The molecule has 0 spiro atoms. The second kappa shape index (κ2) is 13.4. The number of benzene rings is 3. The van der Waals surface area contributed by atoms with Crippen LogP contribution in [0.4, 0.5) is 16.2 Å². The van der Waals surface area contributed by atoms with Crippen molar-refractivity contribution in [3.05, 3.63) is 95.1 Å². The molecule has 0 saturated heterocycles. The van der Waals surface area contributed by atoms with E-state index in [0.29, 0.717) is 47.5 Å². The van der Waals surface area contributed by atoms with E-state index in [9.17, 15) is 14.4 Å². The second-order valence-electron chi connectivity index (χ2n) is 11.0. The van der Waals surface area contributed by atoms with E-state index < -0.39 is 17.7 Å². The lowest BCUT2D eigenvalue weighted by molar-refractivity contribution is -0.110. The quantitative estimate of drug-likeness (QED) is 0.132. The largest absolute Gasteiger partial charge is 0.462 e. The third-order valence-electron chi connectivity index (χ3n) is 6.56. The van der Waals surface area contributed by atoms with E-state index in [1.165, 1.54) is 0 Å². The number of rotatable bonds is 10. The van der Waals surface area contributed by atoms with Gasteiger partial charge in [-0.15, -0.1) is 0 Å². The maximum absolute atomic E-state index is 13.2. The lowest BCUT2D eigenvalue weighted by Gasteiger charge is -2.20. The first-order chi connectivity index (χ1) is 20.1. The summed E-state index contributed by atoms with van der Waals surface area (Å²) >= 11 is 0. The van der Waals surface area contributed by atoms with Crippen molar-refractivity contribution in [2.24, 2.45) is 5.73 Å². The molecule has 1 unspecified atom stereocenters. The number of fused-ring (bicyclic) bond motifs is 1. The maximum atomic E-state index is 13.2. The summed E-state index contributed by atoms with van der Waals surface area (Å²) in [6.07, 6.45) is 0.955. The SMILES string of the molecule is CCOC(=O)c1ccc2c(c1)NC(=O)/C2=C(\Nc1ccc(C(N)CCCNC(=O)OC(C)(C)C)cc1)c1ccccc1. The average Bonchev–Trinajstić information content (AvgIpc) is 3.28. The highest BCUT2D eigenvalue weighted by atomic mass is 16.6. The van der Waals surface area contributed by atoms with Crippen LogP contribution in [0, 0.1) is 0 Å². The molecule has 42 heavy (non-hydrogen) atoms. The zero-order valence-electron chi connectivity index (χ0n) is 24.5. The Kier molecular flexibility index (Phi) is 9.64. The number of ether oxygens (including phenoxy) is 2. The lowest BCUT2D eigenvalue weighted by atomic mass is 9.98. The molecule has 4 rings (SSSR count). The van der Waals surface area contributed by atoms with E-state index >= 15 is 0 Å². The van der Waals surface area contributed by atoms with Crippen LogP contribution in [0.1, 0.15) is 73.6 Å². The number of carbonyl (C=O) groups is 3. The molecule has 0 aromatic heterocycles. The summed E-state index contributed by atoms with van der Waals surface area (Å²) in [5.74, 6) is -0.706. The molecule has 1 aliphatic rings. The zero-order valence-corrected chi connectivity index (χ0v) is 24.5. The van der Waals surface area contributed by atoms with Gasteiger partial charge in [0.15, 0.2) is 0 Å². The van der Waals surface area contributed by atoms with Crippen LogP contribution in [-0.2, 0) is 14.3 Å². The second-order valence-corrected chi connectivity index (χ2v) is 11.0. The molecule has 5 N–H and O–H groups in total. The van der Waals surface area contributed by atoms with Crippen LogP contribution in [0.2, 0.25) is 0 Å². The fourth-order valence-electron chi connectivity index (χ4n) is 4.60. The van der Waals surface area contributed by atoms with Crippen LogP contribution in [0.3, 0.4) is 0 Å². The lowest BCUT2D eigenvalue weighted by Crippen LogP contribution is -2.33. The molecule has 0 saturated carbocycles. The van der Waals surface area contributed by atoms with Gasteiger partial charge in [-0.25, -0.2) is 9.59 Å². The molecule has 0 aliphatic carbocycles. The third-order valence-corrected chi connectivity index (χ3v) is 6.56. The van der Waals surface area contributed by atoms with Gasteiger partial charge in [0.1, 0.15) is 5.60 Å². The first kappa shape index (κ1) is 30.3. The minimum Gasteiger partial charge on any atom is -0.462 e. The van der Waals surface area contributed by atoms with Gasteiger partial charge in [-0.3, -0.25) is 4.79 Å². The van der Waals surface area contributed by atoms with Crippen molar-refractivity contribution in [1.82, 2.24) is 5.32 Å². The summed E-state index contributed by atoms with van der Waals surface area (Å²) in [5.41, 5.74) is 11.2. The summed E-state index contributed by atoms with van der Waals surface area (Å²) in [7, 11) is 0. The van der Waals surface area contributed by atoms with Crippen LogP contribution in [0.5, 0.6) is 0 Å². The first-order valence-corrected chi connectivity index (χ1v) is 14.1. The summed E-state index contributed by atoms with van der Waals surface area (Å²) in [4.78, 5) is 37.3. The van der Waals surface area contributed by atoms with E-state index in [1.54, 1.807) is 25.1 Å². The number of hydrogen-bond acceptors (Lipinski definition) is 7. The Labute approximate surface area is 246 Å². The molecular weight excluding hydrogens is 532 g/mol. The van der Waals surface area contributed by atoms with Crippen LogP contribution < -0.4 is 21.7 Å². The van der Waals surface area contributed by atoms with Crippen molar-refractivity contribution in [1.29, 1.82) is 0 Å². The fraction of sp³-hybridized carbons (Fsp3) is 0.303. The van der Waals surface area contributed by atoms with E-state index in [2.05, 4.69) is 16.0 Å². The zero-order chi connectivity index (χ0) is 30.3. The summed E-state index contributed by atoms with van der Waals surface area (Å²) < 4.78 is 10.4. The van der Waals surface area contributed by atoms with Gasteiger partial charge in [0.25, 0.3) is 5.91 Å². The van der Waals surface area contributed by atoms with Crippen LogP contribution >= 0.6 is 0 Å². The molecule has 1 aliphatic heterocycles. The molecule has 0 fully saturated rings. The van der Waals surface area contributed by atoms with Crippen molar-refractivity contribution in [2.45, 2.75) is 52.2 Å². The van der Waals surface area contributed by atoms with E-state index in [4.69, 9.17) is 15.2 Å². The van der Waals surface area contributed by atoms with E-state index in [0.717, 1.165) is 16.8 Å². The smallest absolute Gasteiger partial charge is 0.407 e. The topological polar surface area (TPSA) is 132 Å². The van der Waals surface area contributed by atoms with Gasteiger partial charge in [-0.05, 0) is 75.9 Å². The van der Waals surface area contributed by atoms with Crippen LogP contribution in [0.25, 0.3) is 11.3 Å². The average molecular weight is 571 g/mol. The standard InChI is InChI=1S/C33H38N4O5/c1-5-41-31(39)23-15-18-25-27(20-23)37-30(38)28(25)29(22-10-7-6-8-11-22)36-24-16-13-21(14-17-24)26(34)12-9-19-35-32(40)42-33(2,3)4/h6-8,10-11,13-18,20,26,36H,5,9,12,19,34H2,1-4H3,(H,35,40)(H,37,38)/b29-28-. The van der Waals surface area contributed by atoms with Crippen molar-refractivity contribution in [3.63, 3.8) is 0 Å². The predicted octanol–water partition coefficient (Wildman–Crippen LogP) is 6.10. The highest BCUT2D eigenvalue weighted by Crippen LogP contribution is 2.38. The van der Waals surface area contributed by atoms with Gasteiger partial charge < -0.3 is 31.2 Å². The highest BCUT2D eigenvalue weighted by Gasteiger charge is 2.29. The summed E-state index contributed by atoms with van der Waals surface area (Å²) in [6.45, 7) is 7.96. The van der Waals surface area contributed by atoms with Crippen LogP contribution in [-0.4, -0.2) is 36.7 Å². The van der Waals surface area contributed by atoms with Gasteiger partial charge in [0, 0.05) is 23.8 Å². The Morgan fingerprint density at radius 1 is 0.976 bits per heavy atom. The predicted molar refractivity (Wildman–Crippen MR) is 165 cm³/mol. The molecule has 0 radical (unpaired) electrons. The maximum Gasteiger partial charge on any atom is 0.407 e. The minimum atomic E-state index is -0.537. The molecule has 3 aromatic rings. The number of nitrogens with one attached hydrogen (secondary N) is 3. The monoisotopic (exact) mass is 570 g/mol. The number of nitrogens with two attached hydrogens (primary N) is 1. The normalized spacial score (nSPS) is 14.4. The Hall–Kier alpha value is -4.63. The summed E-state index contributed by atoms with van der Waals surface area (Å²) in [6, 6.07) is 22.2. The number of carbonyl (C=O) groups excluding carboxylic acids is 3. The molecule has 3 aromatic carbocycles. The van der Waals surface area contributed by atoms with Gasteiger partial charge in [0.05, 0.1) is 29.1 Å². The van der Waals surface area contributed by atoms with Crippen molar-refractivity contribution < 1.29 is 23.9 Å². The Bertz CT molecular complexity index is 1460. The first-order valence-electron chi connectivity index (χ1n) is 14.1. The molecule has 9 heteroatoms. The number of amides is 2. The molecule has 1 atom stereocenters. The number of anilines is 2. The Balaban J connectivity index is 1.50. The van der Waals surface area contributed by atoms with Gasteiger partial charge in [-0.2, -0.15) is 0 Å². The molecule has 220 valence electrons. The highest BCUT2D eigenvalue weighted by molar-refractivity contribution is 6.37. The molecular formula is C33H38N4O5. The molecule has 1 heterocycles. The fourth-order valence-corrected chi connectivity index (χ4v) is 4.60. The third kappa shape index (κ3) is 7.76. The minimum absolute atomic E-state index is 0.201. The summed E-state index contributed by atoms with van der Waals surface area (Å²) in [5, 5.41) is 9.09. The van der Waals surface area contributed by atoms with Crippen molar-refractivity contribution >= 4 is 40.6 Å². The van der Waals surface area contributed by atoms with Crippen LogP contribution in [0.15, 0.2) is 72.8 Å². The number of hydrogen-bond donors (Lipinski definition) is 4.